The van der Waals surface area contributed by atoms with E-state index in [1.54, 1.807) is 0 Å². The zero-order valence-electron chi connectivity index (χ0n) is 9.08. The van der Waals surface area contributed by atoms with Crippen molar-refractivity contribution >= 4 is 0 Å². The van der Waals surface area contributed by atoms with Crippen LogP contribution in [-0.2, 0) is 17.9 Å². The van der Waals surface area contributed by atoms with Gasteiger partial charge in [-0.15, -0.1) is 0 Å². The van der Waals surface area contributed by atoms with Crippen molar-refractivity contribution in [1.29, 1.82) is 0 Å². The quantitative estimate of drug-likeness (QED) is 0.719. The molecule has 0 saturated heterocycles. The predicted octanol–water partition coefficient (Wildman–Crippen LogP) is 1.03. The highest BCUT2D eigenvalue weighted by Crippen LogP contribution is 2.12. The third-order valence-corrected chi connectivity index (χ3v) is 2.34. The van der Waals surface area contributed by atoms with E-state index in [0.717, 1.165) is 30.1 Å². The van der Waals surface area contributed by atoms with E-state index in [0.29, 0.717) is 6.61 Å². The highest BCUT2D eigenvalue weighted by atomic mass is 16.5. The van der Waals surface area contributed by atoms with Crippen LogP contribution in [0, 0.1) is 13.8 Å². The van der Waals surface area contributed by atoms with E-state index in [2.05, 4.69) is 5.10 Å². The van der Waals surface area contributed by atoms with Crippen molar-refractivity contribution in [2.24, 2.45) is 0 Å². The minimum atomic E-state index is 0.0618. The Morgan fingerprint density at radius 2 is 2.14 bits per heavy atom. The first kappa shape index (κ1) is 11.2. The lowest BCUT2D eigenvalue weighted by molar-refractivity contribution is 0.135. The number of rotatable bonds is 5. The van der Waals surface area contributed by atoms with Gasteiger partial charge in [-0.1, -0.05) is 0 Å². The van der Waals surface area contributed by atoms with Crippen LogP contribution in [-0.4, -0.2) is 28.1 Å². The third kappa shape index (κ3) is 2.33. The van der Waals surface area contributed by atoms with Crippen molar-refractivity contribution in [2.45, 2.75) is 33.9 Å². The van der Waals surface area contributed by atoms with Crippen molar-refractivity contribution in [3.63, 3.8) is 0 Å². The second kappa shape index (κ2) is 5.12. The van der Waals surface area contributed by atoms with Crippen molar-refractivity contribution in [3.8, 4) is 0 Å². The third-order valence-electron chi connectivity index (χ3n) is 2.34. The highest BCUT2D eigenvalue weighted by molar-refractivity contribution is 5.23. The Morgan fingerprint density at radius 3 is 2.64 bits per heavy atom. The van der Waals surface area contributed by atoms with E-state index >= 15 is 0 Å². The lowest BCUT2D eigenvalue weighted by Gasteiger charge is -2.04. The molecule has 1 aromatic heterocycles. The van der Waals surface area contributed by atoms with Crippen molar-refractivity contribution < 1.29 is 9.84 Å². The van der Waals surface area contributed by atoms with Crippen molar-refractivity contribution in [3.05, 3.63) is 17.0 Å². The number of hydrogen-bond acceptors (Lipinski definition) is 3. The maximum absolute atomic E-state index is 9.10. The molecule has 4 heteroatoms. The molecule has 0 bridgehead atoms. The summed E-state index contributed by atoms with van der Waals surface area (Å²) in [6.45, 7) is 8.07. The topological polar surface area (TPSA) is 47.3 Å². The second-order valence-corrected chi connectivity index (χ2v) is 3.23. The van der Waals surface area contributed by atoms with Crippen LogP contribution in [0.15, 0.2) is 0 Å². The Kier molecular flexibility index (Phi) is 4.10. The van der Waals surface area contributed by atoms with Crippen LogP contribution in [0.3, 0.4) is 0 Å². The van der Waals surface area contributed by atoms with E-state index in [4.69, 9.17) is 9.84 Å². The molecule has 0 fully saturated rings. The Hall–Kier alpha value is -0.870. The maximum atomic E-state index is 9.10. The first-order valence-electron chi connectivity index (χ1n) is 4.92. The van der Waals surface area contributed by atoms with Gasteiger partial charge in [-0.2, -0.15) is 5.10 Å². The molecule has 0 aliphatic rings. The molecule has 1 heterocycles. The van der Waals surface area contributed by atoms with Crippen LogP contribution in [0.5, 0.6) is 0 Å². The fourth-order valence-corrected chi connectivity index (χ4v) is 1.48. The summed E-state index contributed by atoms with van der Waals surface area (Å²) >= 11 is 0. The summed E-state index contributed by atoms with van der Waals surface area (Å²) in [5.74, 6) is 0. The molecule has 0 amide bonds. The smallest absolute Gasteiger partial charge is 0.0718 e. The summed E-state index contributed by atoms with van der Waals surface area (Å²) in [5.41, 5.74) is 2.87. The van der Waals surface area contributed by atoms with Crippen LogP contribution >= 0.6 is 0 Å². The number of ether oxygens (including phenoxy) is 1. The number of aliphatic hydroxyl groups is 1. The normalized spacial score (nSPS) is 10.9. The molecule has 0 saturated carbocycles. The number of aliphatic hydroxyl groups excluding tert-OH is 1. The van der Waals surface area contributed by atoms with Gasteiger partial charge in [0, 0.05) is 17.9 Å². The minimum Gasteiger partial charge on any atom is -0.392 e. The SMILES string of the molecule is CCOCCn1nc(C)c(CO)c1C. The maximum Gasteiger partial charge on any atom is 0.0718 e. The molecular formula is C10H18N2O2. The first-order valence-corrected chi connectivity index (χ1v) is 4.92. The molecule has 1 aromatic rings. The number of hydrogen-bond donors (Lipinski definition) is 1. The molecule has 0 aromatic carbocycles. The van der Waals surface area contributed by atoms with E-state index in [9.17, 15) is 0 Å². The molecule has 14 heavy (non-hydrogen) atoms. The fourth-order valence-electron chi connectivity index (χ4n) is 1.48. The molecule has 4 nitrogen and oxygen atoms in total. The van der Waals surface area contributed by atoms with Crippen LogP contribution in [0.2, 0.25) is 0 Å². The van der Waals surface area contributed by atoms with Gasteiger partial charge in [-0.25, -0.2) is 0 Å². The summed E-state index contributed by atoms with van der Waals surface area (Å²) in [7, 11) is 0. The Labute approximate surface area is 84.5 Å². The molecular weight excluding hydrogens is 180 g/mol. The Bertz CT molecular complexity index is 295. The second-order valence-electron chi connectivity index (χ2n) is 3.23. The monoisotopic (exact) mass is 198 g/mol. The van der Waals surface area contributed by atoms with Gasteiger partial charge in [0.15, 0.2) is 0 Å². The van der Waals surface area contributed by atoms with Crippen molar-refractivity contribution in [2.75, 3.05) is 13.2 Å². The lowest BCUT2D eigenvalue weighted by atomic mass is 10.2. The lowest BCUT2D eigenvalue weighted by Crippen LogP contribution is -2.09. The summed E-state index contributed by atoms with van der Waals surface area (Å²) in [6.07, 6.45) is 0. The van der Waals surface area contributed by atoms with Crippen LogP contribution < -0.4 is 0 Å². The predicted molar refractivity (Wildman–Crippen MR) is 54.1 cm³/mol. The molecule has 1 N–H and O–H groups in total. The fraction of sp³-hybridized carbons (Fsp3) is 0.700. The van der Waals surface area contributed by atoms with Gasteiger partial charge < -0.3 is 9.84 Å². The van der Waals surface area contributed by atoms with Gasteiger partial charge in [-0.05, 0) is 20.8 Å². The van der Waals surface area contributed by atoms with Gasteiger partial charge in [-0.3, -0.25) is 4.68 Å². The molecule has 80 valence electrons. The minimum absolute atomic E-state index is 0.0618. The summed E-state index contributed by atoms with van der Waals surface area (Å²) in [6, 6.07) is 0. The van der Waals surface area contributed by atoms with Gasteiger partial charge in [0.25, 0.3) is 0 Å². The molecule has 1 rings (SSSR count). The highest BCUT2D eigenvalue weighted by Gasteiger charge is 2.09. The zero-order chi connectivity index (χ0) is 10.6. The van der Waals surface area contributed by atoms with Crippen LogP contribution in [0.25, 0.3) is 0 Å². The molecule has 0 spiro atoms. The molecule has 0 unspecified atom stereocenters. The van der Waals surface area contributed by atoms with Crippen LogP contribution in [0.4, 0.5) is 0 Å². The average Bonchev–Trinajstić information content (AvgIpc) is 2.42. The Balaban J connectivity index is 2.68. The molecule has 0 aliphatic heterocycles. The number of aryl methyl sites for hydroxylation is 1. The van der Waals surface area contributed by atoms with Crippen LogP contribution in [0.1, 0.15) is 23.9 Å². The molecule has 0 radical (unpaired) electrons. The average molecular weight is 198 g/mol. The Morgan fingerprint density at radius 1 is 1.43 bits per heavy atom. The first-order chi connectivity index (χ1) is 6.70. The number of aromatic nitrogens is 2. The van der Waals surface area contributed by atoms with E-state index in [1.165, 1.54) is 0 Å². The van der Waals surface area contributed by atoms with Gasteiger partial charge in [0.05, 0.1) is 25.5 Å². The largest absolute Gasteiger partial charge is 0.392 e. The molecule has 0 aliphatic carbocycles. The van der Waals surface area contributed by atoms with Gasteiger partial charge in [0.1, 0.15) is 0 Å². The zero-order valence-corrected chi connectivity index (χ0v) is 9.08. The van der Waals surface area contributed by atoms with Crippen molar-refractivity contribution in [1.82, 2.24) is 9.78 Å². The number of nitrogens with zero attached hydrogens (tertiary/aromatic N) is 2. The summed E-state index contributed by atoms with van der Waals surface area (Å²) < 4.78 is 7.14. The summed E-state index contributed by atoms with van der Waals surface area (Å²) in [4.78, 5) is 0. The van der Waals surface area contributed by atoms with Gasteiger partial charge >= 0.3 is 0 Å². The van der Waals surface area contributed by atoms with Gasteiger partial charge in [0.2, 0.25) is 0 Å². The van der Waals surface area contributed by atoms with E-state index in [-0.39, 0.29) is 6.61 Å². The molecule has 0 atom stereocenters. The summed E-state index contributed by atoms with van der Waals surface area (Å²) in [5, 5.41) is 13.4. The van der Waals surface area contributed by atoms with E-state index in [1.807, 2.05) is 25.5 Å². The van der Waals surface area contributed by atoms with E-state index < -0.39 is 0 Å². The standard InChI is InChI=1S/C10H18N2O2/c1-4-14-6-5-12-9(3)10(7-13)8(2)11-12/h13H,4-7H2,1-3H3.